The van der Waals surface area contributed by atoms with Gasteiger partial charge in [-0.2, -0.15) is 4.31 Å². The summed E-state index contributed by atoms with van der Waals surface area (Å²) in [6.45, 7) is 2.82. The summed E-state index contributed by atoms with van der Waals surface area (Å²) in [5, 5.41) is 2.75. The Hall–Kier alpha value is -1.44. The maximum absolute atomic E-state index is 12.4. The van der Waals surface area contributed by atoms with Crippen LogP contribution in [0.3, 0.4) is 0 Å². The molecule has 0 heterocycles. The molecule has 0 unspecified atom stereocenters. The van der Waals surface area contributed by atoms with Crippen molar-refractivity contribution in [3.63, 3.8) is 0 Å². The Morgan fingerprint density at radius 3 is 2.52 bits per heavy atom. The molecular formula is C18H28N2O4S. The van der Waals surface area contributed by atoms with Crippen molar-refractivity contribution in [2.45, 2.75) is 50.0 Å². The first-order valence-electron chi connectivity index (χ1n) is 8.81. The van der Waals surface area contributed by atoms with Gasteiger partial charge in [0.1, 0.15) is 0 Å². The number of amides is 1. The molecule has 1 saturated carbocycles. The number of likely N-dealkylation sites (N-methyl/N-ethyl adjacent to an activating group) is 1. The highest BCUT2D eigenvalue weighted by Crippen LogP contribution is 2.20. The number of hydrogen-bond donors (Lipinski definition) is 1. The van der Waals surface area contributed by atoms with Gasteiger partial charge in [-0.25, -0.2) is 8.42 Å². The Morgan fingerprint density at radius 2 is 1.88 bits per heavy atom. The molecule has 1 aliphatic rings. The Balaban J connectivity index is 1.70. The Kier molecular flexibility index (Phi) is 7.40. The van der Waals surface area contributed by atoms with Gasteiger partial charge in [-0.1, -0.05) is 30.5 Å². The van der Waals surface area contributed by atoms with Gasteiger partial charge in [0.2, 0.25) is 15.9 Å². The fourth-order valence-corrected chi connectivity index (χ4v) is 3.97. The normalized spacial score (nSPS) is 15.6. The standard InChI is InChI=1S/C18H28N2O4S/c1-15-8-10-17(11-9-15)25(22,23)20(2)14-18(21)19-12-5-13-24-16-6-3-4-7-16/h8-11,16H,3-7,12-14H2,1-2H3,(H,19,21). The average molecular weight is 368 g/mol. The van der Waals surface area contributed by atoms with E-state index in [1.807, 2.05) is 6.92 Å². The molecule has 1 fully saturated rings. The minimum Gasteiger partial charge on any atom is -0.378 e. The van der Waals surface area contributed by atoms with E-state index in [1.54, 1.807) is 24.3 Å². The number of carbonyl (C=O) groups excluding carboxylic acids is 1. The fourth-order valence-electron chi connectivity index (χ4n) is 2.84. The van der Waals surface area contributed by atoms with Crippen LogP contribution in [0.2, 0.25) is 0 Å². The minimum atomic E-state index is -3.65. The average Bonchev–Trinajstić information content (AvgIpc) is 3.08. The molecule has 2 rings (SSSR count). The molecule has 140 valence electrons. The molecule has 0 saturated heterocycles. The number of hydrogen-bond acceptors (Lipinski definition) is 4. The lowest BCUT2D eigenvalue weighted by atomic mass is 10.2. The molecule has 0 atom stereocenters. The number of rotatable bonds is 9. The number of benzene rings is 1. The summed E-state index contributed by atoms with van der Waals surface area (Å²) in [6.07, 6.45) is 5.85. The van der Waals surface area contributed by atoms with Crippen LogP contribution in [0, 0.1) is 6.92 Å². The van der Waals surface area contributed by atoms with Crippen LogP contribution < -0.4 is 5.32 Å². The first-order chi connectivity index (χ1) is 11.9. The largest absolute Gasteiger partial charge is 0.378 e. The van der Waals surface area contributed by atoms with Crippen LogP contribution in [0.25, 0.3) is 0 Å². The van der Waals surface area contributed by atoms with Crippen molar-refractivity contribution >= 4 is 15.9 Å². The summed E-state index contributed by atoms with van der Waals surface area (Å²) < 4.78 is 31.7. The minimum absolute atomic E-state index is 0.193. The van der Waals surface area contributed by atoms with Crippen molar-refractivity contribution in [2.75, 3.05) is 26.7 Å². The Morgan fingerprint density at radius 1 is 1.24 bits per heavy atom. The van der Waals surface area contributed by atoms with Crippen molar-refractivity contribution in [3.8, 4) is 0 Å². The number of sulfonamides is 1. The number of carbonyl (C=O) groups is 1. The second-order valence-electron chi connectivity index (χ2n) is 6.55. The van der Waals surface area contributed by atoms with E-state index < -0.39 is 10.0 Å². The highest BCUT2D eigenvalue weighted by molar-refractivity contribution is 7.89. The quantitative estimate of drug-likeness (QED) is 0.677. The van der Waals surface area contributed by atoms with E-state index in [0.29, 0.717) is 19.3 Å². The summed E-state index contributed by atoms with van der Waals surface area (Å²) in [7, 11) is -2.23. The summed E-state index contributed by atoms with van der Waals surface area (Å²) in [5.41, 5.74) is 0.985. The number of nitrogens with zero attached hydrogens (tertiary/aromatic N) is 1. The van der Waals surface area contributed by atoms with Crippen molar-refractivity contribution in [2.24, 2.45) is 0 Å². The van der Waals surface area contributed by atoms with E-state index in [0.717, 1.165) is 29.1 Å². The molecular weight excluding hydrogens is 340 g/mol. The molecule has 1 amide bonds. The maximum Gasteiger partial charge on any atom is 0.243 e. The molecule has 0 bridgehead atoms. The lowest BCUT2D eigenvalue weighted by molar-refractivity contribution is -0.121. The van der Waals surface area contributed by atoms with Crippen LogP contribution in [0.4, 0.5) is 0 Å². The van der Waals surface area contributed by atoms with Gasteiger partial charge in [0.15, 0.2) is 0 Å². The zero-order chi connectivity index (χ0) is 18.3. The second kappa shape index (κ2) is 9.31. The number of nitrogens with one attached hydrogen (secondary N) is 1. The van der Waals surface area contributed by atoms with Crippen LogP contribution >= 0.6 is 0 Å². The molecule has 0 radical (unpaired) electrons. The SMILES string of the molecule is Cc1ccc(S(=O)(=O)N(C)CC(=O)NCCCOC2CCCC2)cc1. The smallest absolute Gasteiger partial charge is 0.243 e. The summed E-state index contributed by atoms with van der Waals surface area (Å²) in [4.78, 5) is 12.1. The van der Waals surface area contributed by atoms with Gasteiger partial charge in [0.25, 0.3) is 0 Å². The molecule has 1 N–H and O–H groups in total. The molecule has 0 spiro atoms. The van der Waals surface area contributed by atoms with Gasteiger partial charge in [-0.05, 0) is 38.3 Å². The third-order valence-corrected chi connectivity index (χ3v) is 6.21. The zero-order valence-corrected chi connectivity index (χ0v) is 15.8. The van der Waals surface area contributed by atoms with Crippen molar-refractivity contribution in [3.05, 3.63) is 29.8 Å². The summed E-state index contributed by atoms with van der Waals surface area (Å²) in [5.74, 6) is -0.306. The molecule has 6 nitrogen and oxygen atoms in total. The van der Waals surface area contributed by atoms with Crippen LogP contribution in [0.15, 0.2) is 29.2 Å². The van der Waals surface area contributed by atoms with Crippen LogP contribution in [0.1, 0.15) is 37.7 Å². The van der Waals surface area contributed by atoms with E-state index in [9.17, 15) is 13.2 Å². The molecule has 7 heteroatoms. The first-order valence-corrected chi connectivity index (χ1v) is 10.2. The third-order valence-electron chi connectivity index (χ3n) is 4.39. The predicted octanol–water partition coefficient (Wildman–Crippen LogP) is 2.08. The van der Waals surface area contributed by atoms with E-state index in [-0.39, 0.29) is 17.3 Å². The fraction of sp³-hybridized carbons (Fsp3) is 0.611. The lowest BCUT2D eigenvalue weighted by Gasteiger charge is -2.17. The lowest BCUT2D eigenvalue weighted by Crippen LogP contribution is -2.38. The maximum atomic E-state index is 12.4. The van der Waals surface area contributed by atoms with E-state index in [1.165, 1.54) is 19.9 Å². The van der Waals surface area contributed by atoms with E-state index >= 15 is 0 Å². The molecule has 1 aromatic carbocycles. The van der Waals surface area contributed by atoms with Gasteiger partial charge in [0, 0.05) is 20.2 Å². The Bertz CT molecular complexity index is 652. The summed E-state index contributed by atoms with van der Waals surface area (Å²) in [6, 6.07) is 6.59. The predicted molar refractivity (Wildman–Crippen MR) is 96.8 cm³/mol. The van der Waals surface area contributed by atoms with Crippen molar-refractivity contribution in [1.29, 1.82) is 0 Å². The monoisotopic (exact) mass is 368 g/mol. The van der Waals surface area contributed by atoms with Gasteiger partial charge in [0.05, 0.1) is 17.5 Å². The first kappa shape index (κ1) is 19.9. The molecule has 0 aromatic heterocycles. The third kappa shape index (κ3) is 6.09. The highest BCUT2D eigenvalue weighted by Gasteiger charge is 2.22. The number of ether oxygens (including phenoxy) is 1. The topological polar surface area (TPSA) is 75.7 Å². The number of aryl methyl sites for hydroxylation is 1. The van der Waals surface area contributed by atoms with Gasteiger partial charge >= 0.3 is 0 Å². The van der Waals surface area contributed by atoms with Crippen molar-refractivity contribution in [1.82, 2.24) is 9.62 Å². The molecule has 0 aliphatic heterocycles. The van der Waals surface area contributed by atoms with Crippen LogP contribution in [-0.2, 0) is 19.6 Å². The summed E-state index contributed by atoms with van der Waals surface area (Å²) >= 11 is 0. The van der Waals surface area contributed by atoms with Crippen molar-refractivity contribution < 1.29 is 17.9 Å². The molecule has 1 aromatic rings. The molecule has 25 heavy (non-hydrogen) atoms. The highest BCUT2D eigenvalue weighted by atomic mass is 32.2. The molecule has 1 aliphatic carbocycles. The Labute approximate surface area is 150 Å². The zero-order valence-electron chi connectivity index (χ0n) is 15.0. The van der Waals surface area contributed by atoms with E-state index in [2.05, 4.69) is 5.32 Å². The van der Waals surface area contributed by atoms with Gasteiger partial charge in [-0.3, -0.25) is 4.79 Å². The van der Waals surface area contributed by atoms with Gasteiger partial charge < -0.3 is 10.1 Å². The van der Waals surface area contributed by atoms with Crippen LogP contribution in [0.5, 0.6) is 0 Å². The second-order valence-corrected chi connectivity index (χ2v) is 8.60. The van der Waals surface area contributed by atoms with E-state index in [4.69, 9.17) is 4.74 Å². The van der Waals surface area contributed by atoms with Gasteiger partial charge in [-0.15, -0.1) is 0 Å². The van der Waals surface area contributed by atoms with Crippen LogP contribution in [-0.4, -0.2) is 51.5 Å².